The maximum atomic E-state index is 11.3. The van der Waals surface area contributed by atoms with Gasteiger partial charge < -0.3 is 4.74 Å². The fourth-order valence-corrected chi connectivity index (χ4v) is 2.75. The van der Waals surface area contributed by atoms with Gasteiger partial charge in [-0.05, 0) is 25.0 Å². The molecule has 0 radical (unpaired) electrons. The highest BCUT2D eigenvalue weighted by Gasteiger charge is 2.30. The lowest BCUT2D eigenvalue weighted by molar-refractivity contribution is -0.131. The first-order chi connectivity index (χ1) is 8.69. The van der Waals surface area contributed by atoms with Gasteiger partial charge in [0.05, 0.1) is 16.2 Å². The molecule has 0 aliphatic carbocycles. The molecular formula is C11H14ClN3O2S. The van der Waals surface area contributed by atoms with E-state index in [-0.39, 0.29) is 12.0 Å². The summed E-state index contributed by atoms with van der Waals surface area (Å²) >= 11 is 7.35. The summed E-state index contributed by atoms with van der Waals surface area (Å²) in [6, 6.07) is 3.67. The maximum Gasteiger partial charge on any atom is 0.263 e. The van der Waals surface area contributed by atoms with Crippen molar-refractivity contribution in [2.75, 3.05) is 5.75 Å². The number of pyridine rings is 1. The predicted octanol–water partition coefficient (Wildman–Crippen LogP) is 1.36. The molecule has 0 spiro atoms. The first-order valence-electron chi connectivity index (χ1n) is 5.59. The average Bonchev–Trinajstić information content (AvgIpc) is 2.86. The second kappa shape index (κ2) is 6.38. The summed E-state index contributed by atoms with van der Waals surface area (Å²) in [4.78, 5) is 15.5. The van der Waals surface area contributed by atoms with Gasteiger partial charge in [-0.2, -0.15) is 0 Å². The van der Waals surface area contributed by atoms with Gasteiger partial charge in [-0.25, -0.2) is 10.8 Å². The second-order valence-corrected chi connectivity index (χ2v) is 5.44. The Labute approximate surface area is 114 Å². The number of nitrogens with zero attached hydrogens (tertiary/aromatic N) is 1. The van der Waals surface area contributed by atoms with E-state index in [9.17, 15) is 4.79 Å². The standard InChI is InChI=1S/C11H14ClN3O2S/c12-7-1-4-10(14-5-7)18-6-8-2-3-9(17-8)11(16)15-13/h1,4-5,8-9H,2-3,6,13H2,(H,15,16). The van der Waals surface area contributed by atoms with Crippen LogP contribution in [0.15, 0.2) is 23.4 Å². The van der Waals surface area contributed by atoms with Crippen molar-refractivity contribution in [1.82, 2.24) is 10.4 Å². The number of carbonyl (C=O) groups is 1. The minimum atomic E-state index is -0.418. The van der Waals surface area contributed by atoms with E-state index in [0.29, 0.717) is 11.4 Å². The zero-order valence-corrected chi connectivity index (χ0v) is 11.2. The van der Waals surface area contributed by atoms with Crippen molar-refractivity contribution >= 4 is 29.3 Å². The van der Waals surface area contributed by atoms with Crippen LogP contribution >= 0.6 is 23.4 Å². The van der Waals surface area contributed by atoms with Crippen LogP contribution in [0.4, 0.5) is 0 Å². The quantitative estimate of drug-likeness (QED) is 0.378. The highest BCUT2D eigenvalue weighted by molar-refractivity contribution is 7.99. The Hall–Kier alpha value is -0.820. The van der Waals surface area contributed by atoms with Crippen molar-refractivity contribution in [2.45, 2.75) is 30.1 Å². The van der Waals surface area contributed by atoms with Gasteiger partial charge in [0.2, 0.25) is 0 Å². The molecule has 98 valence electrons. The van der Waals surface area contributed by atoms with Crippen molar-refractivity contribution in [3.63, 3.8) is 0 Å². The largest absolute Gasteiger partial charge is 0.364 e. The smallest absolute Gasteiger partial charge is 0.263 e. The summed E-state index contributed by atoms with van der Waals surface area (Å²) in [5, 5.41) is 1.52. The third-order valence-electron chi connectivity index (χ3n) is 2.66. The van der Waals surface area contributed by atoms with Crippen molar-refractivity contribution in [3.8, 4) is 0 Å². The minimum Gasteiger partial charge on any atom is -0.364 e. The van der Waals surface area contributed by atoms with E-state index in [1.165, 1.54) is 0 Å². The van der Waals surface area contributed by atoms with E-state index in [1.807, 2.05) is 6.07 Å². The van der Waals surface area contributed by atoms with Crippen molar-refractivity contribution in [1.29, 1.82) is 0 Å². The number of carbonyl (C=O) groups excluding carboxylic acids is 1. The number of hydrazine groups is 1. The number of halogens is 1. The maximum absolute atomic E-state index is 11.3. The van der Waals surface area contributed by atoms with E-state index in [1.54, 1.807) is 24.0 Å². The molecule has 1 aromatic rings. The molecule has 0 aromatic carbocycles. The van der Waals surface area contributed by atoms with Gasteiger partial charge in [0.25, 0.3) is 5.91 Å². The minimum absolute atomic E-state index is 0.0646. The zero-order valence-electron chi connectivity index (χ0n) is 9.64. The fourth-order valence-electron chi connectivity index (χ4n) is 1.74. The number of aromatic nitrogens is 1. The molecule has 0 bridgehead atoms. The fraction of sp³-hybridized carbons (Fsp3) is 0.455. The number of ether oxygens (including phenoxy) is 1. The normalized spacial score (nSPS) is 23.0. The lowest BCUT2D eigenvalue weighted by atomic mass is 10.2. The summed E-state index contributed by atoms with van der Waals surface area (Å²) in [5.74, 6) is 5.58. The van der Waals surface area contributed by atoms with Crippen LogP contribution in [0, 0.1) is 0 Å². The molecule has 2 atom stereocenters. The van der Waals surface area contributed by atoms with Crippen LogP contribution in [0.2, 0.25) is 5.02 Å². The number of hydrogen-bond donors (Lipinski definition) is 2. The highest BCUT2D eigenvalue weighted by Crippen LogP contribution is 2.26. The summed E-state index contributed by atoms with van der Waals surface area (Å²) in [5.41, 5.74) is 2.11. The van der Waals surface area contributed by atoms with Crippen molar-refractivity contribution in [2.24, 2.45) is 5.84 Å². The van der Waals surface area contributed by atoms with E-state index in [0.717, 1.165) is 17.2 Å². The van der Waals surface area contributed by atoms with Crippen LogP contribution in [0.5, 0.6) is 0 Å². The Morgan fingerprint density at radius 2 is 2.44 bits per heavy atom. The van der Waals surface area contributed by atoms with Gasteiger partial charge in [0.15, 0.2) is 0 Å². The summed E-state index contributed by atoms with van der Waals surface area (Å²) in [7, 11) is 0. The number of hydrogen-bond acceptors (Lipinski definition) is 5. The monoisotopic (exact) mass is 287 g/mol. The molecule has 0 saturated carbocycles. The van der Waals surface area contributed by atoms with Crippen LogP contribution in [0.25, 0.3) is 0 Å². The molecule has 1 aliphatic heterocycles. The third-order valence-corrected chi connectivity index (χ3v) is 3.96. The highest BCUT2D eigenvalue weighted by atomic mass is 35.5. The Bertz CT molecular complexity index is 415. The molecule has 18 heavy (non-hydrogen) atoms. The number of nitrogens with two attached hydrogens (primary N) is 1. The summed E-state index contributed by atoms with van der Waals surface area (Å²) < 4.78 is 5.59. The van der Waals surface area contributed by atoms with E-state index in [2.05, 4.69) is 10.4 Å². The Balaban J connectivity index is 1.78. The van der Waals surface area contributed by atoms with Gasteiger partial charge in [-0.15, -0.1) is 11.8 Å². The van der Waals surface area contributed by atoms with Crippen LogP contribution in [0.3, 0.4) is 0 Å². The Morgan fingerprint density at radius 1 is 1.61 bits per heavy atom. The topological polar surface area (TPSA) is 77.2 Å². The first kappa shape index (κ1) is 13.6. The van der Waals surface area contributed by atoms with Crippen LogP contribution in [-0.4, -0.2) is 28.9 Å². The summed E-state index contributed by atoms with van der Waals surface area (Å²) in [6.07, 6.45) is 2.83. The lowest BCUT2D eigenvalue weighted by Gasteiger charge is -2.11. The zero-order chi connectivity index (χ0) is 13.0. The number of amides is 1. The molecule has 7 heteroatoms. The second-order valence-electron chi connectivity index (χ2n) is 3.96. The predicted molar refractivity (Wildman–Crippen MR) is 70.2 cm³/mol. The summed E-state index contributed by atoms with van der Waals surface area (Å²) in [6.45, 7) is 0. The Kier molecular flexibility index (Phi) is 4.82. The van der Waals surface area contributed by atoms with Crippen molar-refractivity contribution in [3.05, 3.63) is 23.4 Å². The molecule has 2 rings (SSSR count). The van der Waals surface area contributed by atoms with E-state index >= 15 is 0 Å². The molecule has 1 aromatic heterocycles. The number of thioether (sulfide) groups is 1. The van der Waals surface area contributed by atoms with Gasteiger partial charge in [0.1, 0.15) is 6.10 Å². The average molecular weight is 288 g/mol. The molecular weight excluding hydrogens is 274 g/mol. The SMILES string of the molecule is NNC(=O)C1CCC(CSc2ccc(Cl)cn2)O1. The molecule has 2 heterocycles. The molecule has 1 aliphatic rings. The van der Waals surface area contributed by atoms with Crippen LogP contribution in [-0.2, 0) is 9.53 Å². The van der Waals surface area contributed by atoms with Gasteiger partial charge >= 0.3 is 0 Å². The number of nitrogens with one attached hydrogen (secondary N) is 1. The molecule has 1 saturated heterocycles. The van der Waals surface area contributed by atoms with Gasteiger partial charge in [-0.3, -0.25) is 10.2 Å². The lowest BCUT2D eigenvalue weighted by Crippen LogP contribution is -2.39. The third kappa shape index (κ3) is 3.58. The van der Waals surface area contributed by atoms with E-state index < -0.39 is 6.10 Å². The van der Waals surface area contributed by atoms with E-state index in [4.69, 9.17) is 22.2 Å². The molecule has 5 nitrogen and oxygen atoms in total. The molecule has 2 unspecified atom stereocenters. The van der Waals surface area contributed by atoms with Gasteiger partial charge in [-0.1, -0.05) is 11.6 Å². The molecule has 1 fully saturated rings. The van der Waals surface area contributed by atoms with Gasteiger partial charge in [0, 0.05) is 11.9 Å². The van der Waals surface area contributed by atoms with Crippen molar-refractivity contribution < 1.29 is 9.53 Å². The molecule has 3 N–H and O–H groups in total. The molecule has 1 amide bonds. The Morgan fingerprint density at radius 3 is 3.11 bits per heavy atom. The van der Waals surface area contributed by atoms with Crippen LogP contribution in [0.1, 0.15) is 12.8 Å². The first-order valence-corrected chi connectivity index (χ1v) is 6.95. The number of rotatable bonds is 4. The van der Waals surface area contributed by atoms with Crippen LogP contribution < -0.4 is 11.3 Å².